The van der Waals surface area contributed by atoms with E-state index in [-0.39, 0.29) is 195 Å². The Bertz CT molecular complexity index is 3940. The van der Waals surface area contributed by atoms with E-state index < -0.39 is 66.4 Å². The number of hydrogen-bond donors (Lipinski definition) is 4. The smallest absolute Gasteiger partial charge is 0.416 e. The molecule has 4 aromatic rings. The van der Waals surface area contributed by atoms with Gasteiger partial charge in [-0.25, -0.2) is 25.4 Å². The molecule has 2 spiro atoms. The normalized spacial score (nSPS) is 19.9. The molecular weight excluding hydrogens is 1430 g/mol. The number of rotatable bonds is 20. The first-order valence-electron chi connectivity index (χ1n) is 33.1. The summed E-state index contributed by atoms with van der Waals surface area (Å²) < 4.78 is 161. The fourth-order valence-electron chi connectivity index (χ4n) is 11.8. The van der Waals surface area contributed by atoms with Gasteiger partial charge in [-0.3, -0.25) is 29.2 Å². The van der Waals surface area contributed by atoms with Crippen LogP contribution in [0.2, 0.25) is 0 Å². The quantitative estimate of drug-likeness (QED) is 0.0280. The fraction of sp³-hybridized carbons (Fsp3) is 0.486. The second-order valence-electron chi connectivity index (χ2n) is 24.5. The van der Waals surface area contributed by atoms with Gasteiger partial charge in [-0.15, -0.1) is 36.4 Å². The van der Waals surface area contributed by atoms with Crippen molar-refractivity contribution in [3.63, 3.8) is 0 Å². The van der Waals surface area contributed by atoms with Crippen LogP contribution in [0.4, 0.5) is 26.3 Å². The number of nitrogens with one attached hydrogen (secondary N) is 2. The summed E-state index contributed by atoms with van der Waals surface area (Å²) in [6, 6.07) is 16.5. The van der Waals surface area contributed by atoms with Crippen molar-refractivity contribution in [2.24, 2.45) is 9.98 Å². The molecule has 11 rings (SSSR count). The van der Waals surface area contributed by atoms with Gasteiger partial charge < -0.3 is 49.6 Å². The van der Waals surface area contributed by atoms with Crippen molar-refractivity contribution >= 4 is 78.5 Å². The number of aliphatic hydroxyl groups excluding tert-OH is 2. The number of aryl methyl sites for hydroxylation is 4. The van der Waals surface area contributed by atoms with Gasteiger partial charge >= 0.3 is 12.4 Å². The minimum absolute atomic E-state index is 0.00860. The molecule has 0 saturated carbocycles. The first kappa shape index (κ1) is 82.0. The summed E-state index contributed by atoms with van der Waals surface area (Å²) >= 11 is 10.1. The average Bonchev–Trinajstić information content (AvgIpc) is 1.62. The SMILES string of the molecule is C=CCCOc1cc(C2=NC3(CCN(S(=O)(=O)CCc4ccc(C(=O)N(CCO)CCOCC=C)cc4C)CC3)C(=O)N2)cc(C(F)(F)F)c1.Cc1cc2ccc1CCS(=O)(=O)N1CCC3(CC1)N=C(NC3=O)c1cc(cc(C(F)(F)F)c1)OCC/C=C/COCCN(CCO)C2=O.ClCCCl. The number of ether oxygens (including phenoxy) is 4. The number of carbonyl (C=O) groups excluding carboxylic acids is 4. The second kappa shape index (κ2) is 37.4. The van der Waals surface area contributed by atoms with E-state index in [1.807, 2.05) is 0 Å². The third kappa shape index (κ3) is 22.4. The molecule has 7 aliphatic rings. The minimum atomic E-state index is -4.68. The largest absolute Gasteiger partial charge is 0.493 e. The molecule has 2 fully saturated rings. The van der Waals surface area contributed by atoms with Gasteiger partial charge in [-0.1, -0.05) is 36.4 Å². The maximum atomic E-state index is 13.8. The number of benzene rings is 4. The Kier molecular flexibility index (Phi) is 30.1. The van der Waals surface area contributed by atoms with Gasteiger partial charge in [0.2, 0.25) is 20.0 Å². The first-order valence-corrected chi connectivity index (χ1v) is 37.4. The molecule has 7 bridgehead atoms. The zero-order valence-corrected chi connectivity index (χ0v) is 59.9. The summed E-state index contributed by atoms with van der Waals surface area (Å²) in [6.07, 6.45) is -1.20. The van der Waals surface area contributed by atoms with E-state index in [4.69, 9.17) is 42.1 Å². The number of fused-ring (bicyclic) bond motifs is 2. The molecule has 0 unspecified atom stereocenters. The first-order chi connectivity index (χ1) is 48.4. The van der Waals surface area contributed by atoms with E-state index in [0.717, 1.165) is 46.5 Å². The van der Waals surface area contributed by atoms with E-state index in [1.165, 1.54) is 30.5 Å². The highest BCUT2D eigenvalue weighted by Gasteiger charge is 2.50. The minimum Gasteiger partial charge on any atom is -0.493 e. The van der Waals surface area contributed by atoms with Crippen LogP contribution in [0, 0.1) is 13.8 Å². The van der Waals surface area contributed by atoms with Crippen molar-refractivity contribution in [3.8, 4) is 11.5 Å². The van der Waals surface area contributed by atoms with Gasteiger partial charge in [-0.2, -0.15) is 26.3 Å². The Morgan fingerprint density at radius 2 is 1.39 bits per heavy atom. The van der Waals surface area contributed by atoms with E-state index in [2.05, 4.69) is 33.8 Å². The fourth-order valence-corrected chi connectivity index (χ4v) is 14.7. The third-order valence-electron chi connectivity index (χ3n) is 17.5. The number of alkyl halides is 8. The molecular formula is C70H86Cl2F6N8O14S2. The number of halogens is 8. The molecule has 4 N–H and O–H groups in total. The van der Waals surface area contributed by atoms with Crippen LogP contribution in [0.25, 0.3) is 0 Å². The molecule has 0 atom stereocenters. The predicted molar refractivity (Wildman–Crippen MR) is 375 cm³/mol. The Labute approximate surface area is 600 Å². The van der Waals surface area contributed by atoms with Gasteiger partial charge in [0.1, 0.15) is 34.2 Å². The van der Waals surface area contributed by atoms with Crippen molar-refractivity contribution < 1.29 is 91.5 Å². The van der Waals surface area contributed by atoms with E-state index in [0.29, 0.717) is 42.3 Å². The number of amides is 4. The molecule has 7 heterocycles. The highest BCUT2D eigenvalue weighted by molar-refractivity contribution is 7.89. The molecule has 22 nitrogen and oxygen atoms in total. The lowest BCUT2D eigenvalue weighted by molar-refractivity contribution is -0.138. The van der Waals surface area contributed by atoms with Crippen LogP contribution in [0.1, 0.15) is 104 Å². The number of sulfonamides is 2. The topological polar surface area (TPSA) is 276 Å². The zero-order valence-electron chi connectivity index (χ0n) is 56.8. The van der Waals surface area contributed by atoms with Crippen LogP contribution in [0.5, 0.6) is 11.5 Å². The molecule has 32 heteroatoms. The van der Waals surface area contributed by atoms with E-state index in [9.17, 15) is 72.6 Å². The van der Waals surface area contributed by atoms with Crippen LogP contribution in [0.15, 0.2) is 120 Å². The van der Waals surface area contributed by atoms with Crippen LogP contribution < -0.4 is 20.1 Å². The van der Waals surface area contributed by atoms with Crippen molar-refractivity contribution in [2.45, 2.75) is 88.6 Å². The maximum absolute atomic E-state index is 13.8. The highest BCUT2D eigenvalue weighted by atomic mass is 35.5. The van der Waals surface area contributed by atoms with E-state index >= 15 is 0 Å². The van der Waals surface area contributed by atoms with Crippen molar-refractivity contribution in [2.75, 3.05) is 128 Å². The van der Waals surface area contributed by atoms with Crippen LogP contribution in [-0.4, -0.2) is 220 Å². The number of piperidine rings is 2. The molecule has 4 aromatic carbocycles. The van der Waals surface area contributed by atoms with Gasteiger partial charge in [0, 0.05) is 86.4 Å². The maximum Gasteiger partial charge on any atom is 0.416 e. The molecule has 102 heavy (non-hydrogen) atoms. The Morgan fingerprint density at radius 1 is 0.755 bits per heavy atom. The number of amidine groups is 2. The Morgan fingerprint density at radius 3 is 1.98 bits per heavy atom. The number of nitrogens with zero attached hydrogens (tertiary/aromatic N) is 6. The Balaban J connectivity index is 0.000000272. The number of aliphatic imine (C=N–C) groups is 2. The number of hydrogen-bond acceptors (Lipinski definition) is 16. The summed E-state index contributed by atoms with van der Waals surface area (Å²) in [6.45, 7) is 12.4. The monoisotopic (exact) mass is 1510 g/mol. The Hall–Kier alpha value is -7.26. The molecule has 0 radical (unpaired) electrons. The molecule has 558 valence electrons. The van der Waals surface area contributed by atoms with Gasteiger partial charge in [-0.05, 0) is 148 Å². The molecule has 4 amide bonds. The van der Waals surface area contributed by atoms with Crippen molar-refractivity contribution in [1.82, 2.24) is 29.0 Å². The lowest BCUT2D eigenvalue weighted by Gasteiger charge is -2.34. The molecule has 7 aliphatic heterocycles. The van der Waals surface area contributed by atoms with Crippen LogP contribution in [-0.2, 0) is 64.3 Å². The number of carbonyl (C=O) groups is 4. The number of aliphatic hydroxyl groups is 2. The van der Waals surface area contributed by atoms with Crippen molar-refractivity contribution in [1.29, 1.82) is 0 Å². The third-order valence-corrected chi connectivity index (χ3v) is 21.8. The zero-order chi connectivity index (χ0) is 74.5. The lowest BCUT2D eigenvalue weighted by Crippen LogP contribution is -2.50. The summed E-state index contributed by atoms with van der Waals surface area (Å²) in [5.74, 6) is -0.946. The summed E-state index contributed by atoms with van der Waals surface area (Å²) in [5, 5.41) is 24.2. The van der Waals surface area contributed by atoms with Gasteiger partial charge in [0.25, 0.3) is 23.6 Å². The lowest BCUT2D eigenvalue weighted by atomic mass is 9.89. The van der Waals surface area contributed by atoms with Gasteiger partial charge in [0.05, 0.1) is 75.5 Å². The summed E-state index contributed by atoms with van der Waals surface area (Å²) in [4.78, 5) is 64.6. The van der Waals surface area contributed by atoms with Gasteiger partial charge in [0.15, 0.2) is 0 Å². The molecule has 0 aromatic heterocycles. The summed E-state index contributed by atoms with van der Waals surface area (Å²) in [5.41, 5.74) is -0.613. The standard InChI is InChI=1S/C35H43F3N4O7S.C33H39F3N4O7S.C2H4Cl2/c1-4-6-18-49-30-23-28(22-29(24-30)35(36,37)38)31-39-33(45)34(40-31)10-12-42(13-11-34)50(46,47)20-9-26-7-8-27(21-25(26)3)32(44)41(14-16-43)15-19-48-17-5-2;1-23-19-25-6-5-24(23)7-18-48(44,45)40-10-8-32(9-11-40)31(43)37-29(38-32)26-20-27(33(34,35)36)22-28(21-26)47-16-4-2-3-15-46-17-13-39(12-14-41)30(25)42;3-1-2-4/h4-5,7-8,21-24,43H,1-2,6,9-20H2,3H3,(H,39,40,45);2-3,5-6,19-22,41H,4,7-18H2,1H3,(H,37,38,43);1-2H2/b;3-2+;. The van der Waals surface area contributed by atoms with Crippen molar-refractivity contribution in [3.05, 3.63) is 166 Å². The predicted octanol–water partition coefficient (Wildman–Crippen LogP) is 8.44. The molecule has 0 aliphatic carbocycles. The average molecular weight is 1510 g/mol. The van der Waals surface area contributed by atoms with E-state index in [1.54, 1.807) is 74.5 Å². The molecule has 2 saturated heterocycles. The van der Waals surface area contributed by atoms with Crippen LogP contribution >= 0.6 is 23.2 Å². The summed E-state index contributed by atoms with van der Waals surface area (Å²) in [7, 11) is -7.48. The van der Waals surface area contributed by atoms with Crippen LogP contribution in [0.3, 0.4) is 0 Å². The highest BCUT2D eigenvalue weighted by Crippen LogP contribution is 2.39. The second-order valence-corrected chi connectivity index (χ2v) is 29.4.